The van der Waals surface area contributed by atoms with E-state index in [4.69, 9.17) is 5.11 Å². The van der Waals surface area contributed by atoms with Crippen molar-refractivity contribution in [3.63, 3.8) is 0 Å². The predicted molar refractivity (Wildman–Crippen MR) is 28.9 cm³/mol. The molecule has 1 atom stereocenters. The van der Waals surface area contributed by atoms with Gasteiger partial charge in [-0.1, -0.05) is 0 Å². The molecule has 1 rings (SSSR count). The molecule has 0 aliphatic carbocycles. The van der Waals surface area contributed by atoms with Crippen molar-refractivity contribution in [3.05, 3.63) is 0 Å². The van der Waals surface area contributed by atoms with Crippen LogP contribution in [0.5, 0.6) is 0 Å². The molecule has 1 aliphatic heterocycles. The van der Waals surface area contributed by atoms with Gasteiger partial charge in [0.15, 0.2) is 6.30 Å². The van der Waals surface area contributed by atoms with Crippen molar-refractivity contribution in [2.45, 2.75) is 19.1 Å². The number of likely N-dealkylation sites (tertiary alicyclic amines) is 1. The Morgan fingerprint density at radius 2 is 2.44 bits per heavy atom. The van der Waals surface area contributed by atoms with Crippen molar-refractivity contribution in [3.8, 4) is 0 Å². The van der Waals surface area contributed by atoms with Crippen LogP contribution in [0.3, 0.4) is 0 Å². The minimum Gasteiger partial charge on any atom is -0.465 e. The Morgan fingerprint density at radius 1 is 1.78 bits per heavy atom. The topological polar surface area (TPSA) is 40.5 Å². The van der Waals surface area contributed by atoms with Gasteiger partial charge in [0.2, 0.25) is 0 Å². The first-order chi connectivity index (χ1) is 4.22. The van der Waals surface area contributed by atoms with Crippen LogP contribution in [0.15, 0.2) is 0 Å². The zero-order valence-electron chi connectivity index (χ0n) is 4.88. The normalized spacial score (nSPS) is 26.8. The van der Waals surface area contributed by atoms with E-state index in [1.165, 1.54) is 0 Å². The molecule has 1 heterocycles. The van der Waals surface area contributed by atoms with Crippen molar-refractivity contribution < 1.29 is 14.3 Å². The minimum atomic E-state index is -1.26. The molecule has 52 valence electrons. The van der Waals surface area contributed by atoms with E-state index in [9.17, 15) is 9.18 Å². The van der Waals surface area contributed by atoms with E-state index in [1.54, 1.807) is 0 Å². The number of carbonyl (C=O) groups is 1. The Balaban J connectivity index is 2.49. The van der Waals surface area contributed by atoms with Gasteiger partial charge in [0.1, 0.15) is 0 Å². The summed E-state index contributed by atoms with van der Waals surface area (Å²) in [7, 11) is 0. The molecule has 1 fully saturated rings. The Bertz CT molecular complexity index is 128. The van der Waals surface area contributed by atoms with Gasteiger partial charge in [0.25, 0.3) is 0 Å². The molecule has 0 radical (unpaired) electrons. The van der Waals surface area contributed by atoms with E-state index in [2.05, 4.69) is 0 Å². The molecular weight excluding hydrogens is 125 g/mol. The highest BCUT2D eigenvalue weighted by Gasteiger charge is 2.27. The molecule has 1 aliphatic rings. The molecule has 1 unspecified atom stereocenters. The summed E-state index contributed by atoms with van der Waals surface area (Å²) >= 11 is 0. The summed E-state index contributed by atoms with van der Waals surface area (Å²) in [6.45, 7) is 0.344. The van der Waals surface area contributed by atoms with Crippen LogP contribution < -0.4 is 0 Å². The standard InChI is InChI=1S/C5H8FNO2/c6-4-2-1-3-7(4)5(8)9/h4H,1-3H2,(H,8,9). The lowest BCUT2D eigenvalue weighted by Gasteiger charge is -2.12. The van der Waals surface area contributed by atoms with Crippen molar-refractivity contribution in [1.29, 1.82) is 0 Å². The molecule has 9 heavy (non-hydrogen) atoms. The fourth-order valence-corrected chi connectivity index (χ4v) is 0.941. The summed E-state index contributed by atoms with van der Waals surface area (Å²) in [5, 5.41) is 8.27. The maximum atomic E-state index is 12.4. The summed E-state index contributed by atoms with van der Waals surface area (Å²) in [5.41, 5.74) is 0. The zero-order valence-corrected chi connectivity index (χ0v) is 4.88. The first-order valence-electron chi connectivity index (χ1n) is 2.85. The first kappa shape index (κ1) is 6.32. The van der Waals surface area contributed by atoms with Gasteiger partial charge in [-0.15, -0.1) is 0 Å². The lowest BCUT2D eigenvalue weighted by atomic mass is 10.4. The number of hydrogen-bond donors (Lipinski definition) is 1. The Kier molecular flexibility index (Phi) is 1.55. The van der Waals surface area contributed by atoms with E-state index in [0.29, 0.717) is 19.4 Å². The number of nitrogens with zero attached hydrogens (tertiary/aromatic N) is 1. The number of carboxylic acid groups (broad SMARTS) is 1. The average molecular weight is 133 g/mol. The highest BCUT2D eigenvalue weighted by molar-refractivity contribution is 5.65. The molecule has 4 heteroatoms. The molecular formula is C5H8FNO2. The smallest absolute Gasteiger partial charge is 0.409 e. The molecule has 0 aromatic heterocycles. The molecule has 0 bridgehead atoms. The van der Waals surface area contributed by atoms with Crippen LogP contribution in [0.2, 0.25) is 0 Å². The number of amides is 1. The lowest BCUT2D eigenvalue weighted by Crippen LogP contribution is -2.31. The highest BCUT2D eigenvalue weighted by atomic mass is 19.1. The fourth-order valence-electron chi connectivity index (χ4n) is 0.941. The van der Waals surface area contributed by atoms with Gasteiger partial charge in [-0.25, -0.2) is 9.18 Å². The molecule has 0 aromatic carbocycles. The summed E-state index contributed by atoms with van der Waals surface area (Å²) in [5.74, 6) is 0. The van der Waals surface area contributed by atoms with E-state index in [1.807, 2.05) is 0 Å². The van der Waals surface area contributed by atoms with Gasteiger partial charge in [-0.3, -0.25) is 4.90 Å². The van der Waals surface area contributed by atoms with E-state index in [0.717, 1.165) is 4.90 Å². The fraction of sp³-hybridized carbons (Fsp3) is 0.800. The molecule has 0 saturated carbocycles. The van der Waals surface area contributed by atoms with Crippen molar-refractivity contribution in [2.24, 2.45) is 0 Å². The van der Waals surface area contributed by atoms with E-state index in [-0.39, 0.29) is 0 Å². The maximum absolute atomic E-state index is 12.4. The molecule has 0 aromatic rings. The van der Waals surface area contributed by atoms with E-state index < -0.39 is 12.4 Å². The third kappa shape index (κ3) is 1.12. The predicted octanol–water partition coefficient (Wildman–Crippen LogP) is 1.06. The number of alkyl halides is 1. The quantitative estimate of drug-likeness (QED) is 0.502. The number of hydrogen-bond acceptors (Lipinski definition) is 1. The van der Waals surface area contributed by atoms with Crippen molar-refractivity contribution in [2.75, 3.05) is 6.54 Å². The van der Waals surface area contributed by atoms with E-state index >= 15 is 0 Å². The highest BCUT2D eigenvalue weighted by Crippen LogP contribution is 2.17. The summed E-state index contributed by atoms with van der Waals surface area (Å²) in [6.07, 6.45) is -1.41. The van der Waals surface area contributed by atoms with Crippen LogP contribution in [0.25, 0.3) is 0 Å². The Labute approximate surface area is 52.1 Å². The molecule has 1 amide bonds. The van der Waals surface area contributed by atoms with Crippen LogP contribution in [-0.4, -0.2) is 28.9 Å². The van der Waals surface area contributed by atoms with Crippen LogP contribution >= 0.6 is 0 Å². The van der Waals surface area contributed by atoms with Crippen LogP contribution in [0.4, 0.5) is 9.18 Å². The van der Waals surface area contributed by atoms with Crippen LogP contribution in [-0.2, 0) is 0 Å². The second-order valence-corrected chi connectivity index (χ2v) is 2.05. The largest absolute Gasteiger partial charge is 0.465 e. The average Bonchev–Trinajstić information content (AvgIpc) is 2.13. The maximum Gasteiger partial charge on any atom is 0.409 e. The zero-order chi connectivity index (χ0) is 6.85. The first-order valence-corrected chi connectivity index (χ1v) is 2.85. The minimum absolute atomic E-state index is 0.344. The second-order valence-electron chi connectivity index (χ2n) is 2.05. The van der Waals surface area contributed by atoms with Gasteiger partial charge < -0.3 is 5.11 Å². The molecule has 1 N–H and O–H groups in total. The number of halogens is 1. The van der Waals surface area contributed by atoms with Crippen molar-refractivity contribution >= 4 is 6.09 Å². The van der Waals surface area contributed by atoms with Crippen LogP contribution in [0.1, 0.15) is 12.8 Å². The van der Waals surface area contributed by atoms with Gasteiger partial charge in [-0.2, -0.15) is 0 Å². The monoisotopic (exact) mass is 133 g/mol. The second kappa shape index (κ2) is 2.21. The third-order valence-electron chi connectivity index (χ3n) is 1.43. The Morgan fingerprint density at radius 3 is 2.67 bits per heavy atom. The van der Waals surface area contributed by atoms with Gasteiger partial charge in [-0.05, 0) is 12.8 Å². The lowest BCUT2D eigenvalue weighted by molar-refractivity contribution is 0.0991. The Hall–Kier alpha value is -0.800. The molecule has 1 saturated heterocycles. The summed E-state index contributed by atoms with van der Waals surface area (Å²) < 4.78 is 12.4. The summed E-state index contributed by atoms with van der Waals surface area (Å²) in [4.78, 5) is 10.9. The molecule has 3 nitrogen and oxygen atoms in total. The van der Waals surface area contributed by atoms with Gasteiger partial charge in [0, 0.05) is 6.54 Å². The van der Waals surface area contributed by atoms with Crippen molar-refractivity contribution in [1.82, 2.24) is 4.90 Å². The van der Waals surface area contributed by atoms with Gasteiger partial charge >= 0.3 is 6.09 Å². The molecule has 0 spiro atoms. The SMILES string of the molecule is O=C(O)N1CCCC1F. The summed E-state index contributed by atoms with van der Waals surface area (Å²) in [6, 6.07) is 0. The van der Waals surface area contributed by atoms with Crippen LogP contribution in [0, 0.1) is 0 Å². The number of rotatable bonds is 0. The van der Waals surface area contributed by atoms with Gasteiger partial charge in [0.05, 0.1) is 0 Å². The third-order valence-corrected chi connectivity index (χ3v) is 1.43.